The number of halogens is 1. The number of hydrogen-bond donors (Lipinski definition) is 1. The third kappa shape index (κ3) is 5.81. The van der Waals surface area contributed by atoms with Crippen molar-refractivity contribution < 1.29 is 18.5 Å². The number of benzene rings is 1. The summed E-state index contributed by atoms with van der Waals surface area (Å²) in [6.45, 7) is 4.18. The van der Waals surface area contributed by atoms with Crippen LogP contribution >= 0.6 is 11.6 Å². The molecule has 0 fully saturated rings. The van der Waals surface area contributed by atoms with E-state index in [1.54, 1.807) is 57.6 Å². The first-order chi connectivity index (χ1) is 13.3. The molecule has 150 valence electrons. The summed E-state index contributed by atoms with van der Waals surface area (Å²) in [5.41, 5.74) is 2.07. The molecule has 1 unspecified atom stereocenters. The number of ether oxygens (including phenoxy) is 2. The van der Waals surface area contributed by atoms with Crippen molar-refractivity contribution in [1.82, 2.24) is 4.98 Å². The normalized spacial score (nSPS) is 12.4. The van der Waals surface area contributed by atoms with Gasteiger partial charge in [0.1, 0.15) is 16.6 Å². The highest BCUT2D eigenvalue weighted by atomic mass is 35.5. The van der Waals surface area contributed by atoms with Crippen LogP contribution in [0.2, 0.25) is 5.02 Å². The second kappa shape index (κ2) is 10.2. The number of aromatic nitrogens is 1. The molecule has 2 rings (SSSR count). The van der Waals surface area contributed by atoms with Crippen molar-refractivity contribution in [2.24, 2.45) is 0 Å². The number of rotatable bonds is 8. The summed E-state index contributed by atoms with van der Waals surface area (Å²) in [4.78, 5) is 16.3. The van der Waals surface area contributed by atoms with E-state index in [0.717, 1.165) is 5.56 Å². The van der Waals surface area contributed by atoms with Crippen LogP contribution in [0.4, 0.5) is 5.82 Å². The predicted molar refractivity (Wildman–Crippen MR) is 112 cm³/mol. The zero-order valence-corrected chi connectivity index (χ0v) is 17.8. The van der Waals surface area contributed by atoms with Gasteiger partial charge in [-0.2, -0.15) is 0 Å². The Balaban J connectivity index is 2.30. The third-order valence-corrected chi connectivity index (χ3v) is 4.95. The summed E-state index contributed by atoms with van der Waals surface area (Å²) in [6.07, 6.45) is 3.26. The lowest BCUT2D eigenvalue weighted by atomic mass is 10.1. The maximum atomic E-state index is 11.9. The summed E-state index contributed by atoms with van der Waals surface area (Å²) in [5, 5.41) is 4.18. The Morgan fingerprint density at radius 1 is 1.32 bits per heavy atom. The summed E-state index contributed by atoms with van der Waals surface area (Å²) >= 11 is 6.17. The van der Waals surface area contributed by atoms with Gasteiger partial charge in [-0.1, -0.05) is 17.7 Å². The molecule has 28 heavy (non-hydrogen) atoms. The van der Waals surface area contributed by atoms with Crippen LogP contribution in [0.5, 0.6) is 5.75 Å². The monoisotopic (exact) mass is 422 g/mol. The van der Waals surface area contributed by atoms with Gasteiger partial charge in [-0.25, -0.2) is 9.78 Å². The molecule has 1 aromatic carbocycles. The Bertz CT molecular complexity index is 915. The Hall–Kier alpha value is -2.38. The average molecular weight is 423 g/mol. The van der Waals surface area contributed by atoms with E-state index in [-0.39, 0.29) is 0 Å². The van der Waals surface area contributed by atoms with E-state index in [1.807, 2.05) is 6.07 Å². The fraction of sp³-hybridized carbons (Fsp3) is 0.300. The van der Waals surface area contributed by atoms with Gasteiger partial charge in [0.15, 0.2) is 0 Å². The zero-order chi connectivity index (χ0) is 20.7. The Labute approximate surface area is 172 Å². The summed E-state index contributed by atoms with van der Waals surface area (Å²) in [7, 11) is 0.330. The fourth-order valence-corrected chi connectivity index (χ4v) is 3.17. The predicted octanol–water partition coefficient (Wildman–Crippen LogP) is 4.06. The van der Waals surface area contributed by atoms with Gasteiger partial charge in [0.05, 0.1) is 29.5 Å². The largest absolute Gasteiger partial charge is 0.495 e. The van der Waals surface area contributed by atoms with Crippen molar-refractivity contribution in [3.05, 3.63) is 52.1 Å². The first kappa shape index (κ1) is 21.9. The van der Waals surface area contributed by atoms with Gasteiger partial charge in [-0.3, -0.25) is 4.21 Å². The quantitative estimate of drug-likeness (QED) is 0.510. The van der Waals surface area contributed by atoms with Crippen LogP contribution in [0.25, 0.3) is 6.08 Å². The number of methoxy groups -OCH3 is 1. The number of nitrogens with zero attached hydrogens (tertiary/aromatic N) is 1. The molecule has 0 saturated carbocycles. The van der Waals surface area contributed by atoms with Crippen LogP contribution < -0.4 is 10.1 Å². The van der Waals surface area contributed by atoms with Crippen LogP contribution in [0.15, 0.2) is 40.9 Å². The second-order valence-corrected chi connectivity index (χ2v) is 7.65. The molecule has 1 atom stereocenters. The molecule has 0 bridgehead atoms. The number of hydrogen-bond acceptors (Lipinski definition) is 6. The maximum absolute atomic E-state index is 11.9. The van der Waals surface area contributed by atoms with Crippen LogP contribution in [-0.4, -0.2) is 35.1 Å². The Kier molecular flexibility index (Phi) is 8.02. The van der Waals surface area contributed by atoms with Crippen LogP contribution in [0.1, 0.15) is 25.0 Å². The number of pyridine rings is 1. The van der Waals surface area contributed by atoms with Crippen molar-refractivity contribution in [3.63, 3.8) is 0 Å². The van der Waals surface area contributed by atoms with E-state index in [0.29, 0.717) is 45.9 Å². The summed E-state index contributed by atoms with van der Waals surface area (Å²) < 4.78 is 22.0. The molecule has 0 aliphatic heterocycles. The van der Waals surface area contributed by atoms with Crippen molar-refractivity contribution in [2.45, 2.75) is 25.4 Å². The lowest BCUT2D eigenvalue weighted by Gasteiger charge is -2.12. The van der Waals surface area contributed by atoms with Crippen molar-refractivity contribution in [3.8, 4) is 5.75 Å². The number of esters is 1. The molecule has 2 aromatic rings. The van der Waals surface area contributed by atoms with Crippen LogP contribution in [-0.2, 0) is 26.9 Å². The lowest BCUT2D eigenvalue weighted by molar-refractivity contribution is -0.138. The first-order valence-corrected chi connectivity index (χ1v) is 10.6. The van der Waals surface area contributed by atoms with Crippen molar-refractivity contribution >= 4 is 40.3 Å². The molecule has 1 N–H and O–H groups in total. The standard InChI is InChI=1S/C20H23ClN2O4S/c1-5-27-20(24)13(2)10-15-7-9-18(28(4)25)23-19(15)22-12-14-6-8-17(26-3)16(21)11-14/h6-11H,5,12H2,1-4H3,(H,22,23). The second-order valence-electron chi connectivity index (χ2n) is 5.91. The Morgan fingerprint density at radius 3 is 2.68 bits per heavy atom. The molecule has 6 nitrogen and oxygen atoms in total. The van der Waals surface area contributed by atoms with Gasteiger partial charge in [-0.05, 0) is 49.8 Å². The lowest BCUT2D eigenvalue weighted by Crippen LogP contribution is -2.07. The maximum Gasteiger partial charge on any atom is 0.333 e. The molecule has 1 aromatic heterocycles. The van der Waals surface area contributed by atoms with Crippen molar-refractivity contribution in [1.29, 1.82) is 0 Å². The van der Waals surface area contributed by atoms with E-state index in [2.05, 4.69) is 10.3 Å². The van der Waals surface area contributed by atoms with E-state index in [4.69, 9.17) is 21.1 Å². The SMILES string of the molecule is CCOC(=O)C(C)=Cc1ccc(S(C)=O)nc1NCc1ccc(OC)c(Cl)c1. The number of carbonyl (C=O) groups is 1. The molecular formula is C20H23ClN2O4S. The molecule has 0 radical (unpaired) electrons. The molecule has 0 spiro atoms. The van der Waals surface area contributed by atoms with E-state index >= 15 is 0 Å². The van der Waals surface area contributed by atoms with Gasteiger partial charge < -0.3 is 14.8 Å². The molecule has 8 heteroatoms. The topological polar surface area (TPSA) is 77.5 Å². The highest BCUT2D eigenvalue weighted by molar-refractivity contribution is 7.84. The average Bonchev–Trinajstić information content (AvgIpc) is 2.67. The minimum atomic E-state index is -1.23. The van der Waals surface area contributed by atoms with E-state index < -0.39 is 16.8 Å². The number of nitrogens with one attached hydrogen (secondary N) is 1. The fourth-order valence-electron chi connectivity index (χ4n) is 2.41. The van der Waals surface area contributed by atoms with Gasteiger partial charge in [0.25, 0.3) is 0 Å². The summed E-state index contributed by atoms with van der Waals surface area (Å²) in [5.74, 6) is 0.724. The van der Waals surface area contributed by atoms with Gasteiger partial charge in [0.2, 0.25) is 0 Å². The van der Waals surface area contributed by atoms with Gasteiger partial charge >= 0.3 is 5.97 Å². The smallest absolute Gasteiger partial charge is 0.333 e. The molecule has 0 aliphatic rings. The Morgan fingerprint density at radius 2 is 2.07 bits per heavy atom. The third-order valence-electron chi connectivity index (χ3n) is 3.84. The van der Waals surface area contributed by atoms with E-state index in [1.165, 1.54) is 0 Å². The van der Waals surface area contributed by atoms with Crippen LogP contribution in [0.3, 0.4) is 0 Å². The molecule has 0 aliphatic carbocycles. The summed E-state index contributed by atoms with van der Waals surface area (Å²) in [6, 6.07) is 8.93. The molecular weight excluding hydrogens is 400 g/mol. The zero-order valence-electron chi connectivity index (χ0n) is 16.2. The minimum absolute atomic E-state index is 0.305. The molecule has 0 saturated heterocycles. The van der Waals surface area contributed by atoms with Gasteiger partial charge in [-0.15, -0.1) is 0 Å². The van der Waals surface area contributed by atoms with Gasteiger partial charge in [0, 0.05) is 23.9 Å². The van der Waals surface area contributed by atoms with E-state index in [9.17, 15) is 9.00 Å². The van der Waals surface area contributed by atoms with Crippen molar-refractivity contribution in [2.75, 3.05) is 25.3 Å². The first-order valence-electron chi connectivity index (χ1n) is 8.61. The number of carbonyl (C=O) groups excluding carboxylic acids is 1. The molecule has 0 amide bonds. The highest BCUT2D eigenvalue weighted by Gasteiger charge is 2.11. The van der Waals surface area contributed by atoms with Crippen LogP contribution in [0, 0.1) is 0 Å². The highest BCUT2D eigenvalue weighted by Crippen LogP contribution is 2.26. The number of anilines is 1. The molecule has 1 heterocycles. The minimum Gasteiger partial charge on any atom is -0.495 e.